The molecule has 4 aliphatic rings. The summed E-state index contributed by atoms with van der Waals surface area (Å²) < 4.78 is 43.4. The van der Waals surface area contributed by atoms with Gasteiger partial charge in [-0.05, 0) is 134 Å². The van der Waals surface area contributed by atoms with Crippen LogP contribution in [0.4, 0.5) is 16.4 Å². The van der Waals surface area contributed by atoms with E-state index in [0.717, 1.165) is 84.6 Å². The molecule has 4 atom stereocenters. The molecular weight excluding hydrogens is 2080 g/mol. The van der Waals surface area contributed by atoms with Crippen LogP contribution >= 0.6 is 162 Å². The number of carboxylic acid groups (broad SMARTS) is 1. The van der Waals surface area contributed by atoms with Crippen molar-refractivity contribution in [1.29, 1.82) is 0 Å². The number of imidazole rings is 2. The van der Waals surface area contributed by atoms with Crippen LogP contribution in [0.25, 0.3) is 21.5 Å². The predicted octanol–water partition coefficient (Wildman–Crippen LogP) is 24.7. The summed E-state index contributed by atoms with van der Waals surface area (Å²) in [4.78, 5) is 74.5. The minimum Gasteiger partial charge on any atom is -0.496 e. The second-order valence-electron chi connectivity index (χ2n) is 30.4. The molecule has 0 amide bonds. The number of nitrogens with zero attached hydrogens (tertiary/aromatic N) is 16. The summed E-state index contributed by atoms with van der Waals surface area (Å²) in [6, 6.07) is 47.6. The van der Waals surface area contributed by atoms with Gasteiger partial charge in [0.2, 0.25) is 40.5 Å². The molecule has 1 N–H and O–H groups in total. The highest BCUT2D eigenvalue weighted by molar-refractivity contribution is 7.91. The Hall–Kier alpha value is -9.72. The molecule has 12 heterocycles. The molecular formula is C95H105Cl11N16O12S4. The van der Waals surface area contributed by atoms with Gasteiger partial charge in [-0.3, -0.25) is 24.5 Å². The predicted molar refractivity (Wildman–Crippen MR) is 565 cm³/mol. The van der Waals surface area contributed by atoms with E-state index in [9.17, 15) is 18.0 Å². The quantitative estimate of drug-likeness (QED) is 0.0389. The number of fused-ring (bicyclic) bond motifs is 1. The van der Waals surface area contributed by atoms with Crippen molar-refractivity contribution in [3.8, 4) is 22.1 Å². The van der Waals surface area contributed by atoms with Crippen LogP contribution in [-0.2, 0) is 89.9 Å². The second kappa shape index (κ2) is 59.8. The van der Waals surface area contributed by atoms with E-state index in [1.165, 1.54) is 84.6 Å². The van der Waals surface area contributed by atoms with Crippen LogP contribution < -0.4 is 29.6 Å². The molecule has 0 fully saturated rings. The first-order valence-corrected chi connectivity index (χ1v) is 52.4. The van der Waals surface area contributed by atoms with Gasteiger partial charge in [0.25, 0.3) is 0 Å². The van der Waals surface area contributed by atoms with E-state index < -0.39 is 33.2 Å². The summed E-state index contributed by atoms with van der Waals surface area (Å²) in [6.45, 7) is 15.6. The zero-order chi connectivity index (χ0) is 100. The fourth-order valence-electron chi connectivity index (χ4n) is 12.4. The first-order chi connectivity index (χ1) is 66.6. The number of aromatic nitrogens is 8. The molecule has 0 spiro atoms. The van der Waals surface area contributed by atoms with Crippen molar-refractivity contribution in [3.05, 3.63) is 293 Å². The van der Waals surface area contributed by atoms with E-state index in [0.29, 0.717) is 63.4 Å². The van der Waals surface area contributed by atoms with Crippen LogP contribution in [0.15, 0.2) is 240 Å². The summed E-state index contributed by atoms with van der Waals surface area (Å²) in [5, 5.41) is 33.8. The lowest BCUT2D eigenvalue weighted by molar-refractivity contribution is 0.0351. The number of unbranched alkanes of at least 4 members (excludes halogenated alkanes) is 2. The number of thiophene rings is 1. The molecule has 4 unspecified atom stereocenters. The van der Waals surface area contributed by atoms with Crippen LogP contribution in [0, 0.1) is 20.8 Å². The van der Waals surface area contributed by atoms with E-state index in [4.69, 9.17) is 166 Å². The van der Waals surface area contributed by atoms with Gasteiger partial charge in [-0.1, -0.05) is 146 Å². The molecule has 13 aromatic rings. The number of aromatic carboxylic acids is 1. The fourth-order valence-corrected chi connectivity index (χ4v) is 18.3. The van der Waals surface area contributed by atoms with Crippen molar-refractivity contribution in [2.24, 2.45) is 27.7 Å². The number of sulfone groups is 1. The lowest BCUT2D eigenvalue weighted by atomic mass is 9.87. The maximum absolute atomic E-state index is 12.0. The number of halogens is 11. The van der Waals surface area contributed by atoms with Gasteiger partial charge >= 0.3 is 5.97 Å². The third-order valence-electron chi connectivity index (χ3n) is 19.8. The molecule has 0 radical (unpaired) electrons. The number of thiazole rings is 2. The number of aryl methyl sites for hydroxylation is 4. The number of hydrogen-bond acceptors (Lipinski definition) is 28. The molecule has 0 aliphatic carbocycles. The van der Waals surface area contributed by atoms with E-state index in [1.807, 2.05) is 130 Å². The first-order valence-electron chi connectivity index (χ1n) is 42.4. The highest BCUT2D eigenvalue weighted by Crippen LogP contribution is 2.33. The van der Waals surface area contributed by atoms with Crippen molar-refractivity contribution < 1.29 is 51.6 Å². The summed E-state index contributed by atoms with van der Waals surface area (Å²) in [5.41, 5.74) is 12.4. The standard InChI is InChI=1S/C15H18ClNS.C13H17ClN2O.C12H9ClO5.C11H11ClN2.C9H8Cl2N2O.C9H10ClN3O3S.C9H12ClNO.C7H7ClN2OS.C5H7ClN2.C5H6ClNS/c1-2-3-4-5-12-6-8-13(9-7-12)15-17-14(10-16)11-18-15;1-13(2,3)10-4-6-11(7-5-10)16-9-15-17-12(16)8-14;1-17-9-3-2-6-8(14)4-10(12(15)16)18-11(6)7(9)5-13;12-8-11-13-6-7-14(11)9-10-4-2-1-3-5-10;10-5-9-13(6-12-14-9)8-3-1-7(11)2-4-8;10-5-9-13(6-12-16-9)7-17(14,15)8-3-1-2-4-11-8;1-6-5-11-8(4-10)7(2)9(6)12-3;8-4-6-10(5-9-11-6)7-2-1-3-12-7;1-8-3-2-7-5(8)4-6;1-4-7-5(2-6)3-8-4/h6-9,11H,2-5,10H2,1H3;4-7,9,12H,8H2,1-3H3;2-4H,5H2,1H3,(H,15,16);1-7H,8-9H2;1-4,6,9H,5H2;1-4,6,9H,5,7H2;5H,4H2,1-3H3;1-3,5-6H,4H2;2-3H,4H2,1H3;3H,2H2,1H3. The zero-order valence-electron chi connectivity index (χ0n) is 76.9. The molecule has 0 saturated carbocycles. The lowest BCUT2D eigenvalue weighted by Crippen LogP contribution is -2.36. The third-order valence-corrected chi connectivity index (χ3v) is 26.8. The lowest BCUT2D eigenvalue weighted by Gasteiger charge is -2.23. The van der Waals surface area contributed by atoms with Crippen LogP contribution in [0.1, 0.15) is 125 Å². The number of carbonyl (C=O) groups is 1. The van der Waals surface area contributed by atoms with Crippen LogP contribution in [0.2, 0.25) is 5.02 Å². The smallest absolute Gasteiger partial charge is 0.371 e. The number of methoxy groups -OCH3 is 2. The minimum absolute atomic E-state index is 0.0219. The first kappa shape index (κ1) is 114. The third kappa shape index (κ3) is 35.2. The Labute approximate surface area is 870 Å². The van der Waals surface area contributed by atoms with Crippen LogP contribution in [0.5, 0.6) is 11.5 Å². The Morgan fingerprint density at radius 2 is 1.16 bits per heavy atom. The van der Waals surface area contributed by atoms with Crippen LogP contribution in [0.3, 0.4) is 0 Å². The van der Waals surface area contributed by atoms with Gasteiger partial charge in [-0.15, -0.1) is 150 Å². The molecule has 5 aromatic carbocycles. The van der Waals surface area contributed by atoms with E-state index in [2.05, 4.69) is 143 Å². The summed E-state index contributed by atoms with van der Waals surface area (Å²) in [7, 11) is 1.53. The topological polar surface area (TPSA) is 307 Å². The number of alkyl halides is 10. The zero-order valence-corrected chi connectivity index (χ0v) is 88.5. The molecule has 8 aromatic heterocycles. The Balaban J connectivity index is 0.000000190. The van der Waals surface area contributed by atoms with Gasteiger partial charge in [0.05, 0.1) is 111 Å². The number of hydrogen-bond donors (Lipinski definition) is 1. The molecule has 138 heavy (non-hydrogen) atoms. The molecule has 28 nitrogen and oxygen atoms in total. The van der Waals surface area contributed by atoms with Gasteiger partial charge in [0.15, 0.2) is 10.5 Å². The van der Waals surface area contributed by atoms with Crippen LogP contribution in [-0.4, -0.2) is 157 Å². The molecule has 43 heteroatoms. The Morgan fingerprint density at radius 3 is 1.67 bits per heavy atom. The van der Waals surface area contributed by atoms with E-state index >= 15 is 0 Å². The SMILES string of the molecule is CC(C)(C)c1ccc(N2C=NOC2CCl)cc1.CCCCCc1ccc(-c2nc(CCl)cs2)cc1.COc1c(C)cnc(CCl)c1C.COc1ccc2c(=O)cc(C(=O)O)oc2c1CCl.Cc1nc(CCl)cs1.ClCC1ON=CN1c1ccc(Cl)cc1.ClCC1ON=CN1c1cccs1.ClCc1nccn1Cc1ccccc1.Cn1ccnc1CCl.O=S(=O)(CN1C=NOC1CCl)c1ccccn1. The highest BCUT2D eigenvalue weighted by Gasteiger charge is 2.30. The van der Waals surface area contributed by atoms with Gasteiger partial charge in [-0.2, -0.15) is 0 Å². The average Bonchev–Trinajstić information content (AvgIpc) is 1.00. The summed E-state index contributed by atoms with van der Waals surface area (Å²) in [6.07, 6.45) is 20.7. The molecule has 738 valence electrons. The molecule has 17 rings (SSSR count). The number of benzene rings is 5. The summed E-state index contributed by atoms with van der Waals surface area (Å²) in [5.74, 6) is 4.92. The van der Waals surface area contributed by atoms with Crippen molar-refractivity contribution >= 4 is 230 Å². The van der Waals surface area contributed by atoms with Crippen molar-refractivity contribution in [1.82, 2.24) is 43.9 Å². The number of rotatable bonds is 26. The van der Waals surface area contributed by atoms with Gasteiger partial charge in [0.1, 0.15) is 65.0 Å². The largest absolute Gasteiger partial charge is 0.496 e. The normalized spacial score (nSPS) is 14.5. The Bertz CT molecular complexity index is 6110. The highest BCUT2D eigenvalue weighted by atomic mass is 35.5. The fraction of sp³-hybridized carbons (Fsp3) is 0.326. The van der Waals surface area contributed by atoms with E-state index in [-0.39, 0.29) is 57.7 Å². The van der Waals surface area contributed by atoms with Crippen molar-refractivity contribution in [2.75, 3.05) is 58.3 Å². The average molecular weight is 2180 g/mol. The van der Waals surface area contributed by atoms with Gasteiger partial charge in [-0.25, -0.2) is 38.1 Å². The number of anilines is 3. The maximum atomic E-state index is 12.0. The van der Waals surface area contributed by atoms with Crippen molar-refractivity contribution in [2.45, 2.75) is 151 Å². The minimum atomic E-state index is -3.50. The molecule has 0 saturated heterocycles. The van der Waals surface area contributed by atoms with E-state index in [1.54, 1.807) is 96.9 Å². The van der Waals surface area contributed by atoms with Crippen molar-refractivity contribution in [3.63, 3.8) is 0 Å². The number of carboxylic acids is 1. The molecule has 4 aliphatic heterocycles. The van der Waals surface area contributed by atoms with Gasteiger partial charge < -0.3 is 52.4 Å². The second-order valence-corrected chi connectivity index (χ2v) is 38.5. The number of oxime groups is 4. The van der Waals surface area contributed by atoms with Gasteiger partial charge in [0, 0.05) is 101 Å². The maximum Gasteiger partial charge on any atom is 0.371 e. The molecule has 0 bridgehead atoms. The number of ether oxygens (including phenoxy) is 2. The monoisotopic (exact) mass is 2170 g/mol. The Morgan fingerprint density at radius 1 is 0.572 bits per heavy atom. The Kier molecular flexibility index (Phi) is 49.2. The number of pyridine rings is 2. The summed E-state index contributed by atoms with van der Waals surface area (Å²) >= 11 is 67.5.